The van der Waals surface area contributed by atoms with E-state index in [-0.39, 0.29) is 18.3 Å². The molecule has 2 N–H and O–H groups in total. The number of nitrogens with zero attached hydrogens (tertiary/aromatic N) is 1. The average molecular weight is 354 g/mol. The van der Waals surface area contributed by atoms with Crippen LogP contribution in [0.4, 0.5) is 5.69 Å². The molecule has 7 heteroatoms. The molecule has 1 unspecified atom stereocenters. The van der Waals surface area contributed by atoms with Crippen molar-refractivity contribution in [3.63, 3.8) is 0 Å². The number of carbonyl (C=O) groups is 1. The summed E-state index contributed by atoms with van der Waals surface area (Å²) in [6.07, 6.45) is 2.79. The van der Waals surface area contributed by atoms with Gasteiger partial charge in [0.25, 0.3) is 0 Å². The normalized spacial score (nSPS) is 16.6. The van der Waals surface area contributed by atoms with Gasteiger partial charge in [-0.05, 0) is 56.0 Å². The van der Waals surface area contributed by atoms with E-state index in [2.05, 4.69) is 17.6 Å². The van der Waals surface area contributed by atoms with Gasteiger partial charge in [-0.25, -0.2) is 4.79 Å². The molecule has 0 radical (unpaired) electrons. The number of amides is 1. The lowest BCUT2D eigenvalue weighted by atomic mass is 9.84. The number of rotatable bonds is 4. The zero-order valence-corrected chi connectivity index (χ0v) is 14.8. The second-order valence-corrected chi connectivity index (χ2v) is 6.43. The molecule has 0 bridgehead atoms. The van der Waals surface area contributed by atoms with Crippen LogP contribution in [0.25, 0.3) is 11.1 Å². The summed E-state index contributed by atoms with van der Waals surface area (Å²) in [5, 5.41) is 6.28. The molecule has 1 aliphatic rings. The van der Waals surface area contributed by atoms with E-state index in [1.165, 1.54) is 4.57 Å². The van der Waals surface area contributed by atoms with Crippen molar-refractivity contribution in [3.05, 3.63) is 28.7 Å². The van der Waals surface area contributed by atoms with Crippen LogP contribution in [0.2, 0.25) is 0 Å². The van der Waals surface area contributed by atoms with Crippen molar-refractivity contribution in [2.45, 2.75) is 26.2 Å². The number of oxazole rings is 1. The second kappa shape index (κ2) is 7.85. The Labute approximate surface area is 147 Å². The van der Waals surface area contributed by atoms with Crippen LogP contribution in [0.3, 0.4) is 0 Å². The van der Waals surface area contributed by atoms with E-state index in [4.69, 9.17) is 4.42 Å². The molecular weight excluding hydrogens is 330 g/mol. The van der Waals surface area contributed by atoms with E-state index in [0.29, 0.717) is 35.0 Å². The number of aromatic nitrogens is 1. The zero-order valence-electron chi connectivity index (χ0n) is 14.0. The highest BCUT2D eigenvalue weighted by Gasteiger charge is 2.22. The monoisotopic (exact) mass is 353 g/mol. The Kier molecular flexibility index (Phi) is 6.07. The van der Waals surface area contributed by atoms with Crippen LogP contribution >= 0.6 is 12.4 Å². The molecule has 2 aromatic rings. The van der Waals surface area contributed by atoms with Gasteiger partial charge in [0, 0.05) is 19.2 Å². The minimum absolute atomic E-state index is 0. The Morgan fingerprint density at radius 2 is 2.12 bits per heavy atom. The fourth-order valence-electron chi connectivity index (χ4n) is 3.29. The fourth-order valence-corrected chi connectivity index (χ4v) is 3.29. The highest BCUT2D eigenvalue weighted by molar-refractivity contribution is 5.92. The fraction of sp³-hybridized carbons (Fsp3) is 0.529. The van der Waals surface area contributed by atoms with Gasteiger partial charge in [0.1, 0.15) is 0 Å². The third kappa shape index (κ3) is 3.99. The maximum absolute atomic E-state index is 12.3. The highest BCUT2D eigenvalue weighted by Crippen LogP contribution is 2.25. The summed E-state index contributed by atoms with van der Waals surface area (Å²) in [6, 6.07) is 5.24. The zero-order chi connectivity index (χ0) is 16.4. The van der Waals surface area contributed by atoms with Gasteiger partial charge in [0.15, 0.2) is 5.58 Å². The van der Waals surface area contributed by atoms with Gasteiger partial charge in [-0.3, -0.25) is 9.36 Å². The molecule has 1 amide bonds. The van der Waals surface area contributed by atoms with Gasteiger partial charge in [-0.2, -0.15) is 0 Å². The summed E-state index contributed by atoms with van der Waals surface area (Å²) in [5.74, 6) is 0.602. The third-order valence-electron chi connectivity index (χ3n) is 4.77. The number of carbonyl (C=O) groups excluding carboxylic acids is 1. The lowest BCUT2D eigenvalue weighted by Gasteiger charge is -2.27. The standard InChI is InChI=1S/C17H23N3O3.ClH/c1-11(12-5-7-18-8-6-12)9-16(21)19-13-3-4-15-14(10-13)20(2)17(22)23-15;/h3-4,10-12,18H,5-9H2,1-2H3,(H,19,21);1H. The number of benzene rings is 1. The first-order valence-electron chi connectivity index (χ1n) is 8.15. The predicted octanol–water partition coefficient (Wildman–Crippen LogP) is 2.52. The molecular formula is C17H24ClN3O3. The summed E-state index contributed by atoms with van der Waals surface area (Å²) < 4.78 is 6.52. The molecule has 3 rings (SSSR count). The molecule has 1 atom stereocenters. The second-order valence-electron chi connectivity index (χ2n) is 6.43. The molecule has 132 valence electrons. The van der Waals surface area contributed by atoms with Gasteiger partial charge >= 0.3 is 5.76 Å². The minimum Gasteiger partial charge on any atom is -0.408 e. The molecule has 1 aromatic heterocycles. The topological polar surface area (TPSA) is 76.3 Å². The molecule has 1 aliphatic heterocycles. The van der Waals surface area contributed by atoms with Gasteiger partial charge < -0.3 is 15.1 Å². The first-order valence-corrected chi connectivity index (χ1v) is 8.15. The predicted molar refractivity (Wildman–Crippen MR) is 96.7 cm³/mol. The van der Waals surface area contributed by atoms with Crippen LogP contribution in [-0.4, -0.2) is 23.6 Å². The van der Waals surface area contributed by atoms with Crippen molar-refractivity contribution < 1.29 is 9.21 Å². The Morgan fingerprint density at radius 1 is 1.42 bits per heavy atom. The maximum Gasteiger partial charge on any atom is 0.419 e. The molecule has 2 heterocycles. The summed E-state index contributed by atoms with van der Waals surface area (Å²) in [7, 11) is 1.65. The van der Waals surface area contributed by atoms with Gasteiger partial charge in [0.05, 0.1) is 5.52 Å². The summed E-state index contributed by atoms with van der Waals surface area (Å²) in [4.78, 5) is 23.8. The van der Waals surface area contributed by atoms with Crippen LogP contribution < -0.4 is 16.4 Å². The lowest BCUT2D eigenvalue weighted by Crippen LogP contribution is -2.32. The number of nitrogens with one attached hydrogen (secondary N) is 2. The van der Waals surface area contributed by atoms with Crippen LogP contribution in [0.15, 0.2) is 27.4 Å². The molecule has 0 saturated carbocycles. The maximum atomic E-state index is 12.3. The number of piperidine rings is 1. The first-order chi connectivity index (χ1) is 11.0. The van der Waals surface area contributed by atoms with Crippen molar-refractivity contribution in [3.8, 4) is 0 Å². The SMILES string of the molecule is CC(CC(=O)Nc1ccc2oc(=O)n(C)c2c1)C1CCNCC1.Cl. The third-order valence-corrected chi connectivity index (χ3v) is 4.77. The van der Waals surface area contributed by atoms with Crippen LogP contribution in [0.1, 0.15) is 26.2 Å². The molecule has 0 aliphatic carbocycles. The van der Waals surface area contributed by atoms with Crippen molar-refractivity contribution >= 4 is 35.1 Å². The number of halogens is 1. The largest absolute Gasteiger partial charge is 0.419 e. The molecule has 0 spiro atoms. The van der Waals surface area contributed by atoms with E-state index in [1.54, 1.807) is 25.2 Å². The highest BCUT2D eigenvalue weighted by atomic mass is 35.5. The van der Waals surface area contributed by atoms with E-state index in [0.717, 1.165) is 25.9 Å². The minimum atomic E-state index is -0.400. The van der Waals surface area contributed by atoms with E-state index >= 15 is 0 Å². The average Bonchev–Trinajstić information content (AvgIpc) is 2.83. The van der Waals surface area contributed by atoms with Gasteiger partial charge in [0.2, 0.25) is 5.91 Å². The number of hydrogen-bond acceptors (Lipinski definition) is 4. The van der Waals surface area contributed by atoms with Crippen molar-refractivity contribution in [1.82, 2.24) is 9.88 Å². The van der Waals surface area contributed by atoms with Crippen molar-refractivity contribution in [1.29, 1.82) is 0 Å². The molecule has 1 aromatic carbocycles. The van der Waals surface area contributed by atoms with Crippen molar-refractivity contribution in [2.75, 3.05) is 18.4 Å². The molecule has 6 nitrogen and oxygen atoms in total. The van der Waals surface area contributed by atoms with Crippen LogP contribution in [0, 0.1) is 11.8 Å². The Bertz CT molecular complexity index is 762. The van der Waals surface area contributed by atoms with Crippen molar-refractivity contribution in [2.24, 2.45) is 18.9 Å². The Morgan fingerprint density at radius 3 is 2.83 bits per heavy atom. The number of hydrogen-bond donors (Lipinski definition) is 2. The van der Waals surface area contributed by atoms with Gasteiger partial charge in [-0.15, -0.1) is 12.4 Å². The number of fused-ring (bicyclic) bond motifs is 1. The summed E-state index contributed by atoms with van der Waals surface area (Å²) in [6.45, 7) is 4.24. The lowest BCUT2D eigenvalue weighted by molar-refractivity contribution is -0.117. The smallest absolute Gasteiger partial charge is 0.408 e. The van der Waals surface area contributed by atoms with Crippen LogP contribution in [-0.2, 0) is 11.8 Å². The number of aryl methyl sites for hydroxylation is 1. The summed E-state index contributed by atoms with van der Waals surface area (Å²) >= 11 is 0. The van der Waals surface area contributed by atoms with E-state index < -0.39 is 5.76 Å². The number of anilines is 1. The molecule has 1 saturated heterocycles. The first kappa shape index (κ1) is 18.5. The Hall–Kier alpha value is -1.79. The van der Waals surface area contributed by atoms with E-state index in [9.17, 15) is 9.59 Å². The van der Waals surface area contributed by atoms with Crippen LogP contribution in [0.5, 0.6) is 0 Å². The van der Waals surface area contributed by atoms with Gasteiger partial charge in [-0.1, -0.05) is 6.92 Å². The Balaban J connectivity index is 0.00000208. The summed E-state index contributed by atoms with van der Waals surface area (Å²) in [5.41, 5.74) is 1.90. The quantitative estimate of drug-likeness (QED) is 0.885. The molecule has 24 heavy (non-hydrogen) atoms. The molecule has 1 fully saturated rings. The van der Waals surface area contributed by atoms with E-state index in [1.807, 2.05) is 0 Å².